The minimum absolute atomic E-state index is 0.0969. The lowest BCUT2D eigenvalue weighted by atomic mass is 9.99. The molecule has 0 unspecified atom stereocenters. The van der Waals surface area contributed by atoms with Crippen LogP contribution in [0.25, 0.3) is 0 Å². The number of phenolic OH excluding ortho intramolecular Hbond substituents is 1. The van der Waals surface area contributed by atoms with Gasteiger partial charge in [-0.05, 0) is 50.5 Å². The van der Waals surface area contributed by atoms with Gasteiger partial charge in [-0.15, -0.1) is 0 Å². The number of rotatable bonds is 11. The molecule has 7 N–H and O–H groups in total. The summed E-state index contributed by atoms with van der Waals surface area (Å²) in [6, 6.07) is 12.6. The van der Waals surface area contributed by atoms with E-state index in [9.17, 15) is 29.1 Å². The lowest BCUT2D eigenvalue weighted by Gasteiger charge is -2.39. The van der Waals surface area contributed by atoms with Gasteiger partial charge in [0.15, 0.2) is 0 Å². The highest BCUT2D eigenvalue weighted by molar-refractivity contribution is 5.94. The lowest BCUT2D eigenvalue weighted by Crippen LogP contribution is -2.64. The van der Waals surface area contributed by atoms with Crippen LogP contribution in [0.5, 0.6) is 5.75 Å². The van der Waals surface area contributed by atoms with E-state index >= 15 is 0 Å². The first kappa shape index (κ1) is 31.1. The fourth-order valence-corrected chi connectivity index (χ4v) is 4.52. The highest BCUT2D eigenvalue weighted by Crippen LogP contribution is 2.14. The molecule has 3 atom stereocenters. The molecule has 5 amide bonds. The van der Waals surface area contributed by atoms with E-state index in [1.165, 1.54) is 24.0 Å². The van der Waals surface area contributed by atoms with Gasteiger partial charge in [-0.2, -0.15) is 0 Å². The molecule has 2 aromatic carbocycles. The Labute approximate surface area is 239 Å². The molecule has 0 bridgehead atoms. The standard InChI is InChI=1S/C29H38N6O6/c1-18(32-27(40)22(30)13-20-9-11-21(36)12-10-20)26(39)31-15-24(37)33-23(14-19-7-5-4-6-8-19)28(41)35-16-25(38)34-29(2,3)17-35/h4-12,18,22-23,36H,13-17,30H2,1-3H3,(H,31,39)(H,32,40)(H,33,37)(H,34,38)/t18-,22+,23+/m1/s1. The van der Waals surface area contributed by atoms with Crippen molar-refractivity contribution in [2.75, 3.05) is 19.6 Å². The first-order valence-electron chi connectivity index (χ1n) is 13.4. The molecule has 1 heterocycles. The zero-order chi connectivity index (χ0) is 30.2. The minimum atomic E-state index is -0.975. The third kappa shape index (κ3) is 9.60. The fraction of sp³-hybridized carbons (Fsp3) is 0.414. The zero-order valence-corrected chi connectivity index (χ0v) is 23.5. The number of nitrogens with zero attached hydrogens (tertiary/aromatic N) is 1. The van der Waals surface area contributed by atoms with E-state index in [4.69, 9.17) is 5.73 Å². The number of hydrogen-bond acceptors (Lipinski definition) is 7. The Morgan fingerprint density at radius 3 is 2.24 bits per heavy atom. The molecular weight excluding hydrogens is 528 g/mol. The number of hydrogen-bond donors (Lipinski definition) is 6. The van der Waals surface area contributed by atoms with Gasteiger partial charge in [0.2, 0.25) is 29.5 Å². The summed E-state index contributed by atoms with van der Waals surface area (Å²) in [6.07, 6.45) is 0.402. The maximum absolute atomic E-state index is 13.4. The molecule has 12 heteroatoms. The van der Waals surface area contributed by atoms with E-state index < -0.39 is 53.8 Å². The summed E-state index contributed by atoms with van der Waals surface area (Å²) >= 11 is 0. The van der Waals surface area contributed by atoms with Gasteiger partial charge in [0.25, 0.3) is 0 Å². The number of nitrogens with one attached hydrogen (secondary N) is 4. The average molecular weight is 567 g/mol. The second-order valence-corrected chi connectivity index (χ2v) is 10.9. The summed E-state index contributed by atoms with van der Waals surface area (Å²) in [6.45, 7) is 4.82. The smallest absolute Gasteiger partial charge is 0.246 e. The Bertz CT molecular complexity index is 1250. The number of aromatic hydroxyl groups is 1. The summed E-state index contributed by atoms with van der Waals surface area (Å²) in [5.74, 6) is -2.35. The van der Waals surface area contributed by atoms with Crippen LogP contribution in [-0.4, -0.2) is 82.8 Å². The number of phenols is 1. The predicted octanol–water partition coefficient (Wildman–Crippen LogP) is -0.653. The normalized spacial score (nSPS) is 16.5. The third-order valence-electron chi connectivity index (χ3n) is 6.53. The molecule has 0 saturated carbocycles. The van der Waals surface area contributed by atoms with Crippen LogP contribution in [-0.2, 0) is 36.8 Å². The Morgan fingerprint density at radius 1 is 0.976 bits per heavy atom. The second kappa shape index (κ2) is 13.8. The highest BCUT2D eigenvalue weighted by Gasteiger charge is 2.36. The van der Waals surface area contributed by atoms with E-state index in [0.29, 0.717) is 0 Å². The van der Waals surface area contributed by atoms with Gasteiger partial charge >= 0.3 is 0 Å². The van der Waals surface area contributed by atoms with Gasteiger partial charge in [0.05, 0.1) is 24.7 Å². The van der Waals surface area contributed by atoms with Crippen LogP contribution in [0.2, 0.25) is 0 Å². The summed E-state index contributed by atoms with van der Waals surface area (Å²) < 4.78 is 0. The molecule has 1 fully saturated rings. The molecule has 2 aromatic rings. The van der Waals surface area contributed by atoms with Crippen LogP contribution in [0.1, 0.15) is 31.9 Å². The van der Waals surface area contributed by atoms with Gasteiger partial charge < -0.3 is 37.0 Å². The number of amides is 5. The first-order valence-corrected chi connectivity index (χ1v) is 13.4. The molecule has 1 aliphatic heterocycles. The summed E-state index contributed by atoms with van der Waals surface area (Å²) in [7, 11) is 0. The predicted molar refractivity (Wildman–Crippen MR) is 151 cm³/mol. The summed E-state index contributed by atoms with van der Waals surface area (Å²) in [5, 5.41) is 19.9. The molecule has 1 aliphatic rings. The first-order chi connectivity index (χ1) is 19.3. The molecule has 12 nitrogen and oxygen atoms in total. The van der Waals surface area contributed by atoms with E-state index in [1.807, 2.05) is 44.2 Å². The van der Waals surface area contributed by atoms with Crippen LogP contribution in [0.3, 0.4) is 0 Å². The van der Waals surface area contributed by atoms with Crippen LogP contribution in [0.15, 0.2) is 54.6 Å². The van der Waals surface area contributed by atoms with Crippen molar-refractivity contribution in [2.45, 2.75) is 57.3 Å². The quantitative estimate of drug-likeness (QED) is 0.209. The van der Waals surface area contributed by atoms with E-state index in [2.05, 4.69) is 21.3 Å². The maximum Gasteiger partial charge on any atom is 0.246 e. The molecule has 0 radical (unpaired) electrons. The van der Waals surface area contributed by atoms with Gasteiger partial charge in [-0.3, -0.25) is 24.0 Å². The van der Waals surface area contributed by atoms with Gasteiger partial charge in [0, 0.05) is 13.0 Å². The minimum Gasteiger partial charge on any atom is -0.508 e. The van der Waals surface area contributed by atoms with Crippen molar-refractivity contribution in [3.05, 3.63) is 65.7 Å². The zero-order valence-electron chi connectivity index (χ0n) is 23.5. The molecule has 1 saturated heterocycles. The molecule has 220 valence electrons. The van der Waals surface area contributed by atoms with Crippen molar-refractivity contribution >= 4 is 29.5 Å². The van der Waals surface area contributed by atoms with Crippen LogP contribution in [0.4, 0.5) is 0 Å². The fourth-order valence-electron chi connectivity index (χ4n) is 4.52. The van der Waals surface area contributed by atoms with E-state index in [1.54, 1.807) is 12.1 Å². The van der Waals surface area contributed by atoms with Gasteiger partial charge in [0.1, 0.15) is 17.8 Å². The van der Waals surface area contributed by atoms with Crippen LogP contribution < -0.4 is 27.0 Å². The molecule has 3 rings (SSSR count). The average Bonchev–Trinajstić information content (AvgIpc) is 2.91. The Morgan fingerprint density at radius 2 is 1.61 bits per heavy atom. The maximum atomic E-state index is 13.4. The van der Waals surface area contributed by atoms with Crippen LogP contribution >= 0.6 is 0 Å². The summed E-state index contributed by atoms with van der Waals surface area (Å²) in [4.78, 5) is 64.9. The van der Waals surface area contributed by atoms with Gasteiger partial charge in [-0.25, -0.2) is 0 Å². The third-order valence-corrected chi connectivity index (χ3v) is 6.53. The number of benzene rings is 2. The molecule has 0 aliphatic carbocycles. The number of nitrogens with two attached hydrogens (primary N) is 1. The SMILES string of the molecule is C[C@@H](NC(=O)[C@@H](N)Cc1ccc(O)cc1)C(=O)NCC(=O)N[C@@H](Cc1ccccc1)C(=O)N1CC(=O)NC(C)(C)C1. The monoisotopic (exact) mass is 566 g/mol. The molecule has 0 aromatic heterocycles. The molecule has 41 heavy (non-hydrogen) atoms. The van der Waals surface area contributed by atoms with Crippen molar-refractivity contribution in [1.82, 2.24) is 26.2 Å². The molecular formula is C29H38N6O6. The van der Waals surface area contributed by atoms with Crippen LogP contribution in [0, 0.1) is 0 Å². The van der Waals surface area contributed by atoms with Crippen molar-refractivity contribution in [2.24, 2.45) is 5.73 Å². The van der Waals surface area contributed by atoms with E-state index in [0.717, 1.165) is 11.1 Å². The number of carbonyl (C=O) groups excluding carboxylic acids is 5. The Hall–Kier alpha value is -4.45. The summed E-state index contributed by atoms with van der Waals surface area (Å²) in [5.41, 5.74) is 6.90. The largest absolute Gasteiger partial charge is 0.508 e. The van der Waals surface area contributed by atoms with Crippen molar-refractivity contribution < 1.29 is 29.1 Å². The van der Waals surface area contributed by atoms with Crippen molar-refractivity contribution in [3.63, 3.8) is 0 Å². The second-order valence-electron chi connectivity index (χ2n) is 10.9. The number of carbonyl (C=O) groups is 5. The Kier molecular flexibility index (Phi) is 10.4. The Balaban J connectivity index is 1.55. The van der Waals surface area contributed by atoms with Crippen molar-refractivity contribution in [1.29, 1.82) is 0 Å². The lowest BCUT2D eigenvalue weighted by molar-refractivity contribution is -0.143. The van der Waals surface area contributed by atoms with Crippen molar-refractivity contribution in [3.8, 4) is 5.75 Å². The van der Waals surface area contributed by atoms with Gasteiger partial charge in [-0.1, -0.05) is 42.5 Å². The van der Waals surface area contributed by atoms with E-state index in [-0.39, 0.29) is 37.6 Å². The topological polar surface area (TPSA) is 183 Å². The highest BCUT2D eigenvalue weighted by atomic mass is 16.3. The number of piperazine rings is 1. The molecule has 0 spiro atoms.